The molecule has 0 unspecified atom stereocenters. The van der Waals surface area contributed by atoms with E-state index < -0.39 is 11.2 Å². The average molecular weight is 914 g/mol. The summed E-state index contributed by atoms with van der Waals surface area (Å²) in [4.78, 5) is 67.6. The summed E-state index contributed by atoms with van der Waals surface area (Å²) < 4.78 is 7.04. The molecule has 0 amide bonds. The molecule has 0 aliphatic carbocycles. The van der Waals surface area contributed by atoms with E-state index in [1.54, 1.807) is 13.1 Å². The van der Waals surface area contributed by atoms with Crippen LogP contribution in [0.2, 0.25) is 0 Å². The Kier molecular flexibility index (Phi) is 20.9. The maximum Gasteiger partial charge on any atom is 0.349 e. The lowest BCUT2D eigenvalue weighted by atomic mass is 10.1. The van der Waals surface area contributed by atoms with Gasteiger partial charge in [-0.05, 0) is 69.2 Å². The van der Waals surface area contributed by atoms with Gasteiger partial charge in [-0.1, -0.05) is 75.6 Å². The van der Waals surface area contributed by atoms with Crippen molar-refractivity contribution in [3.8, 4) is 47.4 Å². The van der Waals surface area contributed by atoms with Crippen molar-refractivity contribution >= 4 is 33.7 Å². The van der Waals surface area contributed by atoms with Crippen LogP contribution in [0.3, 0.4) is 0 Å². The van der Waals surface area contributed by atoms with Crippen LogP contribution < -0.4 is 39.7 Å². The minimum absolute atomic E-state index is 0. The Balaban J connectivity index is 0.000000307. The molecule has 6 heterocycles. The lowest BCUT2D eigenvalue weighted by Crippen LogP contribution is -2.31. The van der Waals surface area contributed by atoms with Gasteiger partial charge in [-0.3, -0.25) is 23.7 Å². The molecular weight excluding hydrogens is 847 g/mol. The largest absolute Gasteiger partial charge is 0.383 e. The topological polar surface area (TPSA) is 249 Å². The molecule has 0 spiro atoms. The van der Waals surface area contributed by atoms with Crippen LogP contribution in [0.5, 0.6) is 0 Å². The highest BCUT2D eigenvalue weighted by Gasteiger charge is 2.20. The number of hydrogen-bond donors (Lipinski definition) is 5. The molecule has 6 rings (SSSR count). The van der Waals surface area contributed by atoms with Crippen molar-refractivity contribution < 1.29 is 0 Å². The Morgan fingerprint density at radius 2 is 1.12 bits per heavy atom. The standard InChI is InChI=1S/C14H18N4.C13H16N4O.C11H15N3O.C11H14N2O2.CH4/c1-5-6-7-10-8-18(14(2,3)4)13-11(10)12(15)16-9-17-13;1-8(2)17-7-10(5-4-6-14)11-12(17)15-9(3)16-13(11)18;1-4-5-6-9-7-14(8(2)3)11(15)13-10(9)12;1-4-5-6-9-7-13(8(2)3)11(15)12-10(9)14;/h8-9H,5H2,1-4H3,(H2,15,16,17);7-8H,6,14H2,1-3H3,(H,15,16,18);7-8H,4H2,1-3H3,(H2,12,13,15);7-8H,4H2,1-3H3,(H,12,14,15);1H4. The molecule has 6 aromatic rings. The normalized spacial score (nSPS) is 10.3. The molecule has 17 nitrogen and oxygen atoms in total. The Morgan fingerprint density at radius 3 is 1.66 bits per heavy atom. The number of fused-ring (bicyclic) bond motifs is 2. The van der Waals surface area contributed by atoms with E-state index in [-0.39, 0.29) is 54.7 Å². The molecule has 0 radical (unpaired) electrons. The van der Waals surface area contributed by atoms with E-state index in [1.165, 1.54) is 21.7 Å². The van der Waals surface area contributed by atoms with E-state index >= 15 is 0 Å². The second-order valence-electron chi connectivity index (χ2n) is 16.5. The number of anilines is 2. The summed E-state index contributed by atoms with van der Waals surface area (Å²) in [7, 11) is 0. The smallest absolute Gasteiger partial charge is 0.349 e. The van der Waals surface area contributed by atoms with Crippen LogP contribution >= 0.6 is 0 Å². The lowest BCUT2D eigenvalue weighted by molar-refractivity contribution is 0.408. The fourth-order valence-electron chi connectivity index (χ4n) is 6.05. The quantitative estimate of drug-likeness (QED) is 0.126. The predicted octanol–water partition coefficient (Wildman–Crippen LogP) is 6.14. The molecule has 0 atom stereocenters. The molecular formula is C50H67N13O4. The molecule has 0 bridgehead atoms. The first-order chi connectivity index (χ1) is 31.1. The third-order valence-corrected chi connectivity index (χ3v) is 9.28. The summed E-state index contributed by atoms with van der Waals surface area (Å²) in [6.45, 7) is 25.9. The highest BCUT2D eigenvalue weighted by molar-refractivity contribution is 5.92. The van der Waals surface area contributed by atoms with Crippen molar-refractivity contribution in [1.82, 2.24) is 48.2 Å². The first kappa shape index (κ1) is 55.5. The summed E-state index contributed by atoms with van der Waals surface area (Å²) in [6.07, 6.45) is 10.8. The number of rotatable bonds is 3. The van der Waals surface area contributed by atoms with Gasteiger partial charge in [0, 0.05) is 67.7 Å². The fourth-order valence-corrected chi connectivity index (χ4v) is 6.05. The molecule has 17 heteroatoms. The van der Waals surface area contributed by atoms with E-state index in [2.05, 4.69) is 103 Å². The van der Waals surface area contributed by atoms with Gasteiger partial charge in [0.1, 0.15) is 40.6 Å². The number of nitrogens with zero attached hydrogens (tertiary/aromatic N) is 8. The summed E-state index contributed by atoms with van der Waals surface area (Å²) in [6, 6.07) is 0.291. The molecule has 0 saturated carbocycles. The lowest BCUT2D eigenvalue weighted by Gasteiger charge is -2.21. The summed E-state index contributed by atoms with van der Waals surface area (Å²) >= 11 is 0. The van der Waals surface area contributed by atoms with Crippen molar-refractivity contribution in [3.63, 3.8) is 0 Å². The van der Waals surface area contributed by atoms with Crippen LogP contribution in [-0.4, -0.2) is 54.7 Å². The number of hydrogen-bond acceptors (Lipinski definition) is 11. The van der Waals surface area contributed by atoms with E-state index in [0.29, 0.717) is 45.8 Å². The van der Waals surface area contributed by atoms with E-state index in [9.17, 15) is 19.2 Å². The third kappa shape index (κ3) is 14.7. The van der Waals surface area contributed by atoms with Gasteiger partial charge >= 0.3 is 11.4 Å². The SMILES string of the molecule is C.CCC#Cc1cn(C(C)(C)C)c2ncnc(N)c12.CCC#Cc1cn(C(C)C)c(=O)[nH]c1=O.CCC#Cc1cn(C(C)C)c(=O)nc1N.Cc1nc2c(c(C#CCN)cn2C(C)C)c(=O)[nH]1. The summed E-state index contributed by atoms with van der Waals surface area (Å²) in [5, 5.41) is 1.39. The number of aryl methyl sites for hydroxylation is 1. The number of nitrogen functional groups attached to an aromatic ring is 2. The van der Waals surface area contributed by atoms with Crippen molar-refractivity contribution in [1.29, 1.82) is 0 Å². The van der Waals surface area contributed by atoms with Crippen LogP contribution in [-0.2, 0) is 5.54 Å². The molecule has 67 heavy (non-hydrogen) atoms. The van der Waals surface area contributed by atoms with Crippen LogP contribution in [0.15, 0.2) is 50.3 Å². The van der Waals surface area contributed by atoms with Gasteiger partial charge in [0.15, 0.2) is 0 Å². The first-order valence-corrected chi connectivity index (χ1v) is 21.7. The average Bonchev–Trinajstić information content (AvgIpc) is 3.82. The van der Waals surface area contributed by atoms with Gasteiger partial charge in [-0.2, -0.15) is 4.98 Å². The molecule has 8 N–H and O–H groups in total. The second-order valence-corrected chi connectivity index (χ2v) is 16.5. The van der Waals surface area contributed by atoms with Crippen molar-refractivity contribution in [2.75, 3.05) is 18.0 Å². The van der Waals surface area contributed by atoms with E-state index in [0.717, 1.165) is 29.4 Å². The fraction of sp³-hybridized carbons (Fsp3) is 0.440. The van der Waals surface area contributed by atoms with Crippen LogP contribution in [0.4, 0.5) is 11.6 Å². The Labute approximate surface area is 393 Å². The second kappa shape index (κ2) is 25.2. The highest BCUT2D eigenvalue weighted by Crippen LogP contribution is 2.28. The number of nitrogens with two attached hydrogens (primary N) is 3. The monoisotopic (exact) mass is 914 g/mol. The minimum atomic E-state index is -0.419. The van der Waals surface area contributed by atoms with Crippen LogP contribution in [0.25, 0.3) is 22.1 Å². The van der Waals surface area contributed by atoms with Crippen molar-refractivity contribution in [2.45, 2.75) is 140 Å². The Bertz CT molecular complexity index is 3160. The van der Waals surface area contributed by atoms with Crippen molar-refractivity contribution in [2.24, 2.45) is 5.73 Å². The molecule has 0 saturated heterocycles. The Morgan fingerprint density at radius 1 is 0.612 bits per heavy atom. The molecule has 0 aliphatic heterocycles. The van der Waals surface area contributed by atoms with E-state index in [4.69, 9.17) is 17.2 Å². The molecule has 356 valence electrons. The molecule has 0 aliphatic rings. The zero-order valence-corrected chi connectivity index (χ0v) is 40.4. The minimum Gasteiger partial charge on any atom is -0.383 e. The number of H-pyrrole nitrogens is 2. The van der Waals surface area contributed by atoms with Crippen LogP contribution in [0.1, 0.15) is 156 Å². The molecule has 0 aromatic carbocycles. The highest BCUT2D eigenvalue weighted by atomic mass is 16.2. The van der Waals surface area contributed by atoms with E-state index in [1.807, 2.05) is 79.3 Å². The number of nitrogens with one attached hydrogen (secondary N) is 2. The molecule has 6 aromatic heterocycles. The van der Waals surface area contributed by atoms with Crippen molar-refractivity contribution in [3.05, 3.63) is 101 Å². The Hall–Kier alpha value is -7.60. The maximum absolute atomic E-state index is 12.0. The number of aromatic amines is 2. The van der Waals surface area contributed by atoms with Gasteiger partial charge in [0.25, 0.3) is 11.1 Å². The predicted molar refractivity (Wildman–Crippen MR) is 272 cm³/mol. The zero-order chi connectivity index (χ0) is 49.5. The third-order valence-electron chi connectivity index (χ3n) is 9.28. The number of aromatic nitrogens is 10. The molecule has 0 fully saturated rings. The van der Waals surface area contributed by atoms with Gasteiger partial charge < -0.3 is 31.3 Å². The first-order valence-electron chi connectivity index (χ1n) is 21.7. The van der Waals surface area contributed by atoms with Gasteiger partial charge in [-0.15, -0.1) is 0 Å². The zero-order valence-electron chi connectivity index (χ0n) is 40.4. The van der Waals surface area contributed by atoms with Gasteiger partial charge in [-0.25, -0.2) is 24.5 Å². The van der Waals surface area contributed by atoms with Crippen LogP contribution in [0, 0.1) is 54.3 Å². The van der Waals surface area contributed by atoms with Gasteiger partial charge in [0.05, 0.1) is 34.0 Å². The maximum atomic E-state index is 12.0. The summed E-state index contributed by atoms with van der Waals surface area (Å²) in [5.74, 6) is 24.5. The summed E-state index contributed by atoms with van der Waals surface area (Å²) in [5.41, 5.74) is 19.6. The van der Waals surface area contributed by atoms with Gasteiger partial charge in [0.2, 0.25) is 0 Å².